The van der Waals surface area contributed by atoms with E-state index in [9.17, 15) is 13.2 Å². The van der Waals surface area contributed by atoms with Gasteiger partial charge in [-0.15, -0.1) is 0 Å². The zero-order chi connectivity index (χ0) is 22.4. The Kier molecular flexibility index (Phi) is 22.7. The Balaban J connectivity index is -0.000000717. The average Bonchev–Trinajstić information content (AvgIpc) is 3.24. The molecule has 12 heteroatoms. The van der Waals surface area contributed by atoms with Crippen molar-refractivity contribution in [2.45, 2.75) is 0 Å². The fourth-order valence-corrected chi connectivity index (χ4v) is 1.94. The fourth-order valence-electron chi connectivity index (χ4n) is 1.94. The number of carbonyl (C=O) groups excluding carboxylic acids is 1. The number of aromatic nitrogens is 1. The van der Waals surface area contributed by atoms with Crippen LogP contribution in [0.2, 0.25) is 0 Å². The minimum Gasteiger partial charge on any atom is -1.00 e. The van der Waals surface area contributed by atoms with Crippen molar-refractivity contribution in [2.24, 2.45) is 5.10 Å². The second-order valence-electron chi connectivity index (χ2n) is 5.94. The molecule has 3 aromatic rings. The fraction of sp³-hybridized carbons (Fsp3) is 0.190. The maximum absolute atomic E-state index is 11.9. The Morgan fingerprint density at radius 1 is 0.879 bits per heavy atom. The van der Waals surface area contributed by atoms with Gasteiger partial charge in [-0.05, 0) is 24.3 Å². The maximum atomic E-state index is 11.9. The van der Waals surface area contributed by atoms with Gasteiger partial charge in [-0.3, -0.25) is 18.2 Å². The number of hydrogen-bond acceptors (Lipinski definition) is 6. The number of amides is 1. The molecule has 2 aromatic heterocycles. The van der Waals surface area contributed by atoms with Crippen molar-refractivity contribution in [3.05, 3.63) is 90.1 Å². The molecule has 1 amide bonds. The molecule has 0 fully saturated rings. The van der Waals surface area contributed by atoms with Crippen LogP contribution in [0.5, 0.6) is 0 Å². The normalized spacial score (nSPS) is 9.58. The first-order valence-electron chi connectivity index (χ1n) is 8.69. The maximum Gasteiger partial charge on any atom is 2.00 e. The van der Waals surface area contributed by atoms with E-state index in [1.807, 2.05) is 48.5 Å². The summed E-state index contributed by atoms with van der Waals surface area (Å²) in [6.07, 6.45) is 9.68. The quantitative estimate of drug-likeness (QED) is 0.189. The van der Waals surface area contributed by atoms with Crippen LogP contribution in [0, 0.1) is 0 Å². The molecule has 0 unspecified atom stereocenters. The van der Waals surface area contributed by atoms with Crippen molar-refractivity contribution in [2.75, 3.05) is 25.0 Å². The van der Waals surface area contributed by atoms with Crippen LogP contribution < -0.4 is 30.2 Å². The van der Waals surface area contributed by atoms with E-state index in [1.54, 1.807) is 43.4 Å². The SMILES string of the molecule is CS(C)=O.CS(C)=O.O=C(N/N=C(\c1ccccc1)c1ccccn1)c1ccco1.[Cl-].[Cl-].[Ru+2]. The van der Waals surface area contributed by atoms with Gasteiger partial charge < -0.3 is 29.2 Å². The molecule has 1 aromatic carbocycles. The Hall–Kier alpha value is -1.71. The molecule has 0 radical (unpaired) electrons. The average molecular weight is 620 g/mol. The van der Waals surface area contributed by atoms with Crippen LogP contribution in [0.25, 0.3) is 0 Å². The van der Waals surface area contributed by atoms with E-state index in [2.05, 4.69) is 15.5 Å². The Morgan fingerprint density at radius 2 is 1.42 bits per heavy atom. The molecule has 2 heterocycles. The number of carbonyl (C=O) groups is 1. The summed E-state index contributed by atoms with van der Waals surface area (Å²) in [5.41, 5.74) is 4.62. The third kappa shape index (κ3) is 16.5. The van der Waals surface area contributed by atoms with E-state index >= 15 is 0 Å². The summed E-state index contributed by atoms with van der Waals surface area (Å²) in [5.74, 6) is -0.202. The molecule has 0 aliphatic rings. The molecule has 7 nitrogen and oxygen atoms in total. The van der Waals surface area contributed by atoms with Gasteiger partial charge in [0.1, 0.15) is 5.71 Å². The van der Waals surface area contributed by atoms with E-state index in [1.165, 1.54) is 6.26 Å². The summed E-state index contributed by atoms with van der Waals surface area (Å²) < 4.78 is 24.2. The van der Waals surface area contributed by atoms with E-state index < -0.39 is 27.5 Å². The molecule has 182 valence electrons. The van der Waals surface area contributed by atoms with Gasteiger partial charge in [0.2, 0.25) is 0 Å². The van der Waals surface area contributed by atoms with Crippen molar-refractivity contribution >= 4 is 33.2 Å². The molecule has 0 saturated heterocycles. The van der Waals surface area contributed by atoms with Gasteiger partial charge in [0.05, 0.1) is 12.0 Å². The molecular weight excluding hydrogens is 594 g/mol. The topological polar surface area (TPSA) is 102 Å². The number of benzene rings is 1. The Bertz CT molecular complexity index is 916. The van der Waals surface area contributed by atoms with Crippen molar-refractivity contribution in [1.29, 1.82) is 0 Å². The van der Waals surface area contributed by atoms with E-state index in [-0.39, 0.29) is 50.1 Å². The molecule has 0 aliphatic carbocycles. The van der Waals surface area contributed by atoms with E-state index in [0.29, 0.717) is 11.4 Å². The smallest absolute Gasteiger partial charge is 1.00 e. The van der Waals surface area contributed by atoms with Crippen LogP contribution in [0.4, 0.5) is 0 Å². The van der Waals surface area contributed by atoms with Gasteiger partial charge in [-0.2, -0.15) is 5.10 Å². The number of rotatable bonds is 4. The molecular formula is C21H25Cl2N3O4RuS2. The number of hydrazone groups is 1. The second-order valence-corrected chi connectivity index (χ2v) is 8.91. The first kappa shape index (κ1) is 35.9. The second kappa shape index (κ2) is 20.9. The monoisotopic (exact) mass is 619 g/mol. The molecule has 0 saturated carbocycles. The van der Waals surface area contributed by atoms with Crippen LogP contribution in [0.3, 0.4) is 0 Å². The van der Waals surface area contributed by atoms with E-state index in [4.69, 9.17) is 4.42 Å². The zero-order valence-corrected chi connectivity index (χ0v) is 23.3. The van der Waals surface area contributed by atoms with Crippen LogP contribution >= 0.6 is 0 Å². The Labute approximate surface area is 224 Å². The third-order valence-electron chi connectivity index (χ3n) is 2.97. The first-order chi connectivity index (χ1) is 14.3. The molecule has 1 N–H and O–H groups in total. The number of nitrogens with zero attached hydrogens (tertiary/aromatic N) is 2. The predicted octanol–water partition coefficient (Wildman–Crippen LogP) is -3.15. The predicted molar refractivity (Wildman–Crippen MR) is 122 cm³/mol. The van der Waals surface area contributed by atoms with Crippen molar-refractivity contribution in [3.63, 3.8) is 0 Å². The summed E-state index contributed by atoms with van der Waals surface area (Å²) >= 11 is 0. The summed E-state index contributed by atoms with van der Waals surface area (Å²) in [5, 5.41) is 4.21. The standard InChI is InChI=1S/C17H13N3O2.2C2H6OS.2ClH.Ru/c21-17(15-10-6-12-22-15)20-19-16(13-7-2-1-3-8-13)14-9-4-5-11-18-14;2*1-4(2)3;;;/h1-12H,(H,20,21);2*1-2H3;2*1H;/q;;;;;+2/p-2/b19-16+;;;;;. The van der Waals surface area contributed by atoms with Crippen LogP contribution in [0.15, 0.2) is 82.6 Å². The van der Waals surface area contributed by atoms with Crippen LogP contribution in [-0.2, 0) is 41.1 Å². The number of nitrogens with one attached hydrogen (secondary N) is 1. The van der Waals surface area contributed by atoms with Gasteiger partial charge in [0, 0.05) is 58.4 Å². The number of furan rings is 1. The number of pyridine rings is 1. The number of hydrogen-bond donors (Lipinski definition) is 1. The molecule has 3 rings (SSSR count). The third-order valence-corrected chi connectivity index (χ3v) is 2.97. The first-order valence-corrected chi connectivity index (χ1v) is 12.6. The minimum atomic E-state index is -0.611. The van der Waals surface area contributed by atoms with E-state index in [0.717, 1.165) is 5.56 Å². The van der Waals surface area contributed by atoms with Crippen LogP contribution in [-0.4, -0.2) is 50.0 Å². The molecule has 33 heavy (non-hydrogen) atoms. The van der Waals surface area contributed by atoms with Crippen LogP contribution in [0.1, 0.15) is 21.8 Å². The van der Waals surface area contributed by atoms with Gasteiger partial charge in [0.25, 0.3) is 0 Å². The molecule has 0 spiro atoms. The minimum absolute atomic E-state index is 0. The summed E-state index contributed by atoms with van der Waals surface area (Å²) in [6, 6.07) is 18.3. The number of halogens is 2. The van der Waals surface area contributed by atoms with Crippen molar-refractivity contribution in [1.82, 2.24) is 10.4 Å². The van der Waals surface area contributed by atoms with Gasteiger partial charge >= 0.3 is 25.4 Å². The van der Waals surface area contributed by atoms with Gasteiger partial charge in [0.15, 0.2) is 5.76 Å². The largest absolute Gasteiger partial charge is 2.00 e. The Morgan fingerprint density at radius 3 is 1.88 bits per heavy atom. The molecule has 0 bridgehead atoms. The summed E-state index contributed by atoms with van der Waals surface area (Å²) in [7, 11) is -1.22. The zero-order valence-electron chi connectivity index (χ0n) is 18.4. The van der Waals surface area contributed by atoms with Gasteiger partial charge in [-0.1, -0.05) is 36.4 Å². The van der Waals surface area contributed by atoms with Crippen molar-refractivity contribution in [3.8, 4) is 0 Å². The summed E-state index contributed by atoms with van der Waals surface area (Å²) in [4.78, 5) is 16.2. The van der Waals surface area contributed by atoms with Crippen molar-refractivity contribution < 1.29 is 61.9 Å². The molecule has 0 atom stereocenters. The van der Waals surface area contributed by atoms with Gasteiger partial charge in [-0.25, -0.2) is 5.43 Å². The summed E-state index contributed by atoms with van der Waals surface area (Å²) in [6.45, 7) is 0. The molecule has 0 aliphatic heterocycles.